The minimum Gasteiger partial charge on any atom is -0.493 e. The summed E-state index contributed by atoms with van der Waals surface area (Å²) in [6.07, 6.45) is 1.70. The fraction of sp³-hybridized carbons (Fsp3) is 0.375. The lowest BCUT2D eigenvalue weighted by Crippen LogP contribution is -2.42. The number of ether oxygens (including phenoxy) is 2. The number of aromatic amines is 1. The molecule has 1 aliphatic heterocycles. The summed E-state index contributed by atoms with van der Waals surface area (Å²) in [4.78, 5) is 18.3. The maximum absolute atomic E-state index is 12.5. The van der Waals surface area contributed by atoms with Gasteiger partial charge in [-0.05, 0) is 49.1 Å². The first-order valence-corrected chi connectivity index (χ1v) is 10.4. The molecule has 2 heterocycles. The van der Waals surface area contributed by atoms with E-state index in [0.29, 0.717) is 24.6 Å². The number of aromatic nitrogens is 1. The molecule has 158 valence electrons. The molecule has 0 fully saturated rings. The molecule has 0 radical (unpaired) electrons. The predicted octanol–water partition coefficient (Wildman–Crippen LogP) is 3.46. The summed E-state index contributed by atoms with van der Waals surface area (Å²) in [7, 11) is 3.25. The average Bonchev–Trinajstić information content (AvgIpc) is 3.15. The van der Waals surface area contributed by atoms with Gasteiger partial charge in [-0.25, -0.2) is 0 Å². The van der Waals surface area contributed by atoms with Crippen LogP contribution in [-0.2, 0) is 17.6 Å². The Morgan fingerprint density at radius 2 is 1.97 bits per heavy atom. The van der Waals surface area contributed by atoms with E-state index in [0.717, 1.165) is 24.9 Å². The number of rotatable bonds is 7. The maximum Gasteiger partial charge on any atom is 0.234 e. The van der Waals surface area contributed by atoms with E-state index < -0.39 is 0 Å². The largest absolute Gasteiger partial charge is 0.493 e. The lowest BCUT2D eigenvalue weighted by Gasteiger charge is -2.32. The molecule has 1 amide bonds. The topological polar surface area (TPSA) is 66.6 Å². The molecule has 1 unspecified atom stereocenters. The Morgan fingerprint density at radius 1 is 1.17 bits per heavy atom. The third-order valence-electron chi connectivity index (χ3n) is 5.99. The Labute approximate surface area is 177 Å². The molecule has 30 heavy (non-hydrogen) atoms. The Balaban J connectivity index is 1.32. The third-order valence-corrected chi connectivity index (χ3v) is 5.99. The highest BCUT2D eigenvalue weighted by Gasteiger charge is 2.28. The molecule has 3 aromatic rings. The number of carbonyl (C=O) groups excluding carboxylic acids is 1. The van der Waals surface area contributed by atoms with E-state index in [4.69, 9.17) is 9.47 Å². The van der Waals surface area contributed by atoms with Crippen molar-refractivity contribution < 1.29 is 14.3 Å². The molecule has 0 aliphatic carbocycles. The van der Waals surface area contributed by atoms with Gasteiger partial charge >= 0.3 is 0 Å². The van der Waals surface area contributed by atoms with Crippen molar-refractivity contribution in [2.24, 2.45) is 0 Å². The van der Waals surface area contributed by atoms with E-state index in [1.165, 1.54) is 22.2 Å². The molecule has 1 aromatic heterocycles. The molecule has 1 atom stereocenters. The number of H-pyrrole nitrogens is 1. The van der Waals surface area contributed by atoms with Crippen LogP contribution in [-0.4, -0.2) is 49.6 Å². The standard InChI is InChI=1S/C24H29N3O3/c1-16-24-19(18-6-4-5-7-20(18)26-24)11-13-27(16)15-23(28)25-12-10-17-8-9-21(29-2)22(14-17)30-3/h4-9,14,16,26H,10-13,15H2,1-3H3,(H,25,28). The second kappa shape index (κ2) is 8.79. The van der Waals surface area contributed by atoms with Gasteiger partial charge in [-0.2, -0.15) is 0 Å². The van der Waals surface area contributed by atoms with E-state index in [1.54, 1.807) is 14.2 Å². The Morgan fingerprint density at radius 3 is 2.77 bits per heavy atom. The Hall–Kier alpha value is -2.99. The summed E-state index contributed by atoms with van der Waals surface area (Å²) in [6, 6.07) is 14.5. The highest BCUT2D eigenvalue weighted by atomic mass is 16.5. The zero-order chi connectivity index (χ0) is 21.1. The molecule has 0 bridgehead atoms. The summed E-state index contributed by atoms with van der Waals surface area (Å²) >= 11 is 0. The number of benzene rings is 2. The van der Waals surface area contributed by atoms with Crippen LogP contribution in [0.3, 0.4) is 0 Å². The van der Waals surface area contributed by atoms with Crippen LogP contribution in [0, 0.1) is 0 Å². The van der Waals surface area contributed by atoms with Crippen LogP contribution in [0.25, 0.3) is 10.9 Å². The first-order chi connectivity index (χ1) is 14.6. The van der Waals surface area contributed by atoms with Crippen molar-refractivity contribution in [3.8, 4) is 11.5 Å². The molecule has 0 spiro atoms. The van der Waals surface area contributed by atoms with Gasteiger partial charge in [0.1, 0.15) is 0 Å². The molecule has 1 aliphatic rings. The van der Waals surface area contributed by atoms with E-state index in [-0.39, 0.29) is 11.9 Å². The fourth-order valence-electron chi connectivity index (χ4n) is 4.32. The van der Waals surface area contributed by atoms with Crippen LogP contribution in [0.4, 0.5) is 0 Å². The van der Waals surface area contributed by atoms with Gasteiger partial charge in [-0.3, -0.25) is 9.69 Å². The molecule has 6 nitrogen and oxygen atoms in total. The van der Waals surface area contributed by atoms with Crippen molar-refractivity contribution in [2.45, 2.75) is 25.8 Å². The Kier molecular flexibility index (Phi) is 5.95. The first-order valence-electron chi connectivity index (χ1n) is 10.4. The number of hydrogen-bond donors (Lipinski definition) is 2. The highest BCUT2D eigenvalue weighted by Crippen LogP contribution is 2.33. The van der Waals surface area contributed by atoms with Gasteiger partial charge in [0.25, 0.3) is 0 Å². The third kappa shape index (κ3) is 4.00. The van der Waals surface area contributed by atoms with Crippen molar-refractivity contribution >= 4 is 16.8 Å². The van der Waals surface area contributed by atoms with Crippen molar-refractivity contribution in [1.82, 2.24) is 15.2 Å². The molecule has 2 aromatic carbocycles. The number of nitrogens with one attached hydrogen (secondary N) is 2. The average molecular weight is 408 g/mol. The van der Waals surface area contributed by atoms with E-state index in [2.05, 4.69) is 46.4 Å². The normalized spacial score (nSPS) is 16.3. The van der Waals surface area contributed by atoms with Crippen LogP contribution in [0.5, 0.6) is 11.5 Å². The van der Waals surface area contributed by atoms with Crippen LogP contribution < -0.4 is 14.8 Å². The van der Waals surface area contributed by atoms with Gasteiger partial charge in [0.05, 0.1) is 20.8 Å². The van der Waals surface area contributed by atoms with Crippen LogP contribution in [0.1, 0.15) is 29.8 Å². The van der Waals surface area contributed by atoms with Crippen LogP contribution >= 0.6 is 0 Å². The monoisotopic (exact) mass is 407 g/mol. The highest BCUT2D eigenvalue weighted by molar-refractivity contribution is 5.85. The van der Waals surface area contributed by atoms with Gasteiger partial charge in [-0.15, -0.1) is 0 Å². The number of nitrogens with zero attached hydrogens (tertiary/aromatic N) is 1. The molecule has 2 N–H and O–H groups in total. The SMILES string of the molecule is COc1ccc(CCNC(=O)CN2CCc3c([nH]c4ccccc34)C2C)cc1OC. The van der Waals surface area contributed by atoms with Crippen molar-refractivity contribution in [3.05, 3.63) is 59.3 Å². The number of amides is 1. The van der Waals surface area contributed by atoms with E-state index in [9.17, 15) is 4.79 Å². The second-order valence-electron chi connectivity index (χ2n) is 7.75. The smallest absolute Gasteiger partial charge is 0.234 e. The number of methoxy groups -OCH3 is 2. The fourth-order valence-corrected chi connectivity index (χ4v) is 4.32. The molecular formula is C24H29N3O3. The van der Waals surface area contributed by atoms with Gasteiger partial charge in [0.2, 0.25) is 5.91 Å². The number of fused-ring (bicyclic) bond motifs is 3. The summed E-state index contributed by atoms with van der Waals surface area (Å²) in [5.41, 5.74) is 4.90. The zero-order valence-corrected chi connectivity index (χ0v) is 17.8. The number of carbonyl (C=O) groups is 1. The molecule has 0 saturated carbocycles. The van der Waals surface area contributed by atoms with Crippen LogP contribution in [0.2, 0.25) is 0 Å². The van der Waals surface area contributed by atoms with Crippen molar-refractivity contribution in [1.29, 1.82) is 0 Å². The Bertz CT molecular complexity index is 1040. The molecular weight excluding hydrogens is 378 g/mol. The molecule has 0 saturated heterocycles. The summed E-state index contributed by atoms with van der Waals surface area (Å²) in [5, 5.41) is 4.36. The summed E-state index contributed by atoms with van der Waals surface area (Å²) in [6.45, 7) is 4.06. The van der Waals surface area contributed by atoms with Gasteiger partial charge in [0, 0.05) is 35.7 Å². The second-order valence-corrected chi connectivity index (χ2v) is 7.75. The summed E-state index contributed by atoms with van der Waals surface area (Å²) < 4.78 is 10.6. The quantitative estimate of drug-likeness (QED) is 0.629. The number of para-hydroxylation sites is 1. The molecule has 6 heteroatoms. The lowest BCUT2D eigenvalue weighted by atomic mass is 9.98. The number of hydrogen-bond acceptors (Lipinski definition) is 4. The minimum absolute atomic E-state index is 0.0573. The molecule has 4 rings (SSSR count). The van der Waals surface area contributed by atoms with Gasteiger partial charge < -0.3 is 19.8 Å². The van der Waals surface area contributed by atoms with E-state index in [1.807, 2.05) is 18.2 Å². The van der Waals surface area contributed by atoms with E-state index >= 15 is 0 Å². The predicted molar refractivity (Wildman–Crippen MR) is 118 cm³/mol. The van der Waals surface area contributed by atoms with Gasteiger partial charge in [0.15, 0.2) is 11.5 Å². The van der Waals surface area contributed by atoms with Crippen LogP contribution in [0.15, 0.2) is 42.5 Å². The minimum atomic E-state index is 0.0573. The zero-order valence-electron chi connectivity index (χ0n) is 17.8. The van der Waals surface area contributed by atoms with Crippen molar-refractivity contribution in [3.63, 3.8) is 0 Å². The maximum atomic E-state index is 12.5. The van der Waals surface area contributed by atoms with Crippen molar-refractivity contribution in [2.75, 3.05) is 33.9 Å². The lowest BCUT2D eigenvalue weighted by molar-refractivity contribution is -0.122. The van der Waals surface area contributed by atoms with Gasteiger partial charge in [-0.1, -0.05) is 24.3 Å². The summed E-state index contributed by atoms with van der Waals surface area (Å²) in [5.74, 6) is 1.47. The first kappa shape index (κ1) is 20.3.